The minimum Gasteiger partial charge on any atom is -0.467 e. The van der Waals surface area contributed by atoms with Gasteiger partial charge in [-0.1, -0.05) is 54.6 Å². The highest BCUT2D eigenvalue weighted by molar-refractivity contribution is 7.91. The van der Waals surface area contributed by atoms with E-state index in [1.165, 1.54) is 12.0 Å². The molecule has 0 bridgehead atoms. The molecule has 0 spiro atoms. The third-order valence-corrected chi connectivity index (χ3v) is 7.42. The maximum Gasteiger partial charge on any atom is 0.328 e. The van der Waals surface area contributed by atoms with Gasteiger partial charge in [0.2, 0.25) is 5.91 Å². The van der Waals surface area contributed by atoms with Crippen molar-refractivity contribution < 1.29 is 22.7 Å². The van der Waals surface area contributed by atoms with Crippen LogP contribution in [0.4, 0.5) is 0 Å². The van der Waals surface area contributed by atoms with Gasteiger partial charge >= 0.3 is 5.97 Å². The zero-order valence-electron chi connectivity index (χ0n) is 17.2. The van der Waals surface area contributed by atoms with Crippen molar-refractivity contribution >= 4 is 32.5 Å². The zero-order valence-corrected chi connectivity index (χ0v) is 18.0. The molecule has 1 atom stereocenters. The van der Waals surface area contributed by atoms with Crippen LogP contribution in [0.2, 0.25) is 0 Å². The van der Waals surface area contributed by atoms with Gasteiger partial charge in [-0.25, -0.2) is 13.2 Å². The number of nitrogens with zero attached hydrogens (tertiary/aromatic N) is 1. The van der Waals surface area contributed by atoms with Crippen molar-refractivity contribution in [2.75, 3.05) is 12.9 Å². The van der Waals surface area contributed by atoms with E-state index in [4.69, 9.17) is 4.74 Å². The molecule has 0 fully saturated rings. The van der Waals surface area contributed by atoms with Crippen LogP contribution < -0.4 is 0 Å². The molecule has 7 heteroatoms. The minimum atomic E-state index is -3.65. The van der Waals surface area contributed by atoms with Gasteiger partial charge in [0, 0.05) is 19.4 Å². The number of carbonyl (C=O) groups excluding carboxylic acids is 2. The lowest BCUT2D eigenvalue weighted by Crippen LogP contribution is -2.49. The lowest BCUT2D eigenvalue weighted by Gasteiger charge is -2.35. The van der Waals surface area contributed by atoms with Crippen LogP contribution in [0, 0.1) is 0 Å². The number of hydrogen-bond acceptors (Lipinski definition) is 5. The quantitative estimate of drug-likeness (QED) is 0.573. The number of benzene rings is 3. The fraction of sp³-hybridized carbons (Fsp3) is 0.250. The van der Waals surface area contributed by atoms with Gasteiger partial charge < -0.3 is 9.64 Å². The van der Waals surface area contributed by atoms with Crippen LogP contribution >= 0.6 is 0 Å². The van der Waals surface area contributed by atoms with E-state index in [0.717, 1.165) is 21.9 Å². The monoisotopic (exact) mass is 437 g/mol. The van der Waals surface area contributed by atoms with Crippen LogP contribution in [0.15, 0.2) is 71.6 Å². The van der Waals surface area contributed by atoms with E-state index < -0.39 is 21.8 Å². The van der Waals surface area contributed by atoms with Crippen molar-refractivity contribution in [3.8, 4) is 0 Å². The van der Waals surface area contributed by atoms with Gasteiger partial charge in [-0.3, -0.25) is 4.79 Å². The number of amides is 1. The first-order valence-electron chi connectivity index (χ1n) is 10.0. The van der Waals surface area contributed by atoms with Crippen LogP contribution in [-0.2, 0) is 37.1 Å². The highest BCUT2D eigenvalue weighted by Gasteiger charge is 2.35. The molecular weight excluding hydrogens is 414 g/mol. The predicted molar refractivity (Wildman–Crippen MR) is 117 cm³/mol. The number of fused-ring (bicyclic) bond motifs is 2. The Morgan fingerprint density at radius 3 is 2.39 bits per heavy atom. The average molecular weight is 438 g/mol. The Kier molecular flexibility index (Phi) is 5.78. The summed E-state index contributed by atoms with van der Waals surface area (Å²) in [5.74, 6) is -1.20. The van der Waals surface area contributed by atoms with Gasteiger partial charge in [0.15, 0.2) is 9.84 Å². The summed E-state index contributed by atoms with van der Waals surface area (Å²) >= 11 is 0. The lowest BCUT2D eigenvalue weighted by molar-refractivity contribution is -0.153. The summed E-state index contributed by atoms with van der Waals surface area (Å²) in [5, 5.41) is 1.78. The molecule has 0 radical (unpaired) electrons. The summed E-state index contributed by atoms with van der Waals surface area (Å²) in [6, 6.07) is 19.3. The van der Waals surface area contributed by atoms with Gasteiger partial charge in [-0.05, 0) is 34.0 Å². The molecule has 1 unspecified atom stereocenters. The average Bonchev–Trinajstić information content (AvgIpc) is 2.80. The van der Waals surface area contributed by atoms with Crippen molar-refractivity contribution in [2.24, 2.45) is 0 Å². The molecule has 1 aliphatic rings. The Balaban J connectivity index is 1.52. The number of ether oxygens (including phenoxy) is 1. The van der Waals surface area contributed by atoms with Gasteiger partial charge in [0.05, 0.1) is 17.8 Å². The maximum absolute atomic E-state index is 13.0. The largest absolute Gasteiger partial charge is 0.467 e. The molecule has 1 heterocycles. The van der Waals surface area contributed by atoms with Crippen molar-refractivity contribution in [2.45, 2.75) is 30.3 Å². The number of methoxy groups -OCH3 is 1. The molecule has 6 nitrogen and oxygen atoms in total. The first-order valence-corrected chi connectivity index (χ1v) is 11.7. The molecule has 3 aromatic carbocycles. The second-order valence-electron chi connectivity index (χ2n) is 7.61. The summed E-state index contributed by atoms with van der Waals surface area (Å²) in [5.41, 5.74) is 1.94. The summed E-state index contributed by atoms with van der Waals surface area (Å²) in [6.07, 6.45) is 0.150. The Morgan fingerprint density at radius 2 is 1.65 bits per heavy atom. The fourth-order valence-corrected chi connectivity index (χ4v) is 5.24. The third-order valence-electron chi connectivity index (χ3n) is 5.71. The summed E-state index contributed by atoms with van der Waals surface area (Å²) < 4.78 is 30.6. The molecule has 3 aromatic rings. The van der Waals surface area contributed by atoms with Crippen LogP contribution in [0.5, 0.6) is 0 Å². The van der Waals surface area contributed by atoms with Gasteiger partial charge in [0.1, 0.15) is 6.04 Å². The maximum atomic E-state index is 13.0. The Bertz CT molecular complexity index is 1250. The van der Waals surface area contributed by atoms with E-state index in [2.05, 4.69) is 0 Å². The van der Waals surface area contributed by atoms with Crippen molar-refractivity contribution in [1.82, 2.24) is 4.90 Å². The standard InChI is InChI=1S/C24H23NO5S/c1-30-24(27)22-15-19-8-4-5-9-20(19)16-25(22)23(26)12-13-31(28,29)21-11-10-17-6-2-3-7-18(17)14-21/h2-11,14,22H,12-13,15-16H2,1H3. The highest BCUT2D eigenvalue weighted by Crippen LogP contribution is 2.26. The fourth-order valence-electron chi connectivity index (χ4n) is 3.98. The zero-order chi connectivity index (χ0) is 22.0. The van der Waals surface area contributed by atoms with Gasteiger partial charge in [-0.15, -0.1) is 0 Å². The van der Waals surface area contributed by atoms with E-state index in [9.17, 15) is 18.0 Å². The molecule has 0 aromatic heterocycles. The summed E-state index contributed by atoms with van der Waals surface area (Å²) in [4.78, 5) is 26.9. The highest BCUT2D eigenvalue weighted by atomic mass is 32.2. The molecule has 160 valence electrons. The van der Waals surface area contributed by atoms with Crippen LogP contribution in [0.3, 0.4) is 0 Å². The van der Waals surface area contributed by atoms with E-state index >= 15 is 0 Å². The summed E-state index contributed by atoms with van der Waals surface area (Å²) in [7, 11) is -2.37. The molecule has 31 heavy (non-hydrogen) atoms. The van der Waals surface area contributed by atoms with E-state index in [0.29, 0.717) is 6.42 Å². The van der Waals surface area contributed by atoms with Crippen molar-refractivity contribution in [1.29, 1.82) is 0 Å². The Hall–Kier alpha value is -3.19. The second-order valence-corrected chi connectivity index (χ2v) is 9.72. The number of carbonyl (C=O) groups is 2. The lowest BCUT2D eigenvalue weighted by atomic mass is 9.93. The third kappa shape index (κ3) is 4.32. The normalized spacial score (nSPS) is 16.0. The van der Waals surface area contributed by atoms with E-state index in [1.807, 2.05) is 48.5 Å². The Morgan fingerprint density at radius 1 is 0.968 bits per heavy atom. The molecule has 1 aliphatic heterocycles. The number of sulfone groups is 1. The number of hydrogen-bond donors (Lipinski definition) is 0. The summed E-state index contributed by atoms with van der Waals surface area (Å²) in [6.45, 7) is 0.255. The smallest absolute Gasteiger partial charge is 0.328 e. The van der Waals surface area contributed by atoms with Crippen LogP contribution in [-0.4, -0.2) is 44.1 Å². The molecule has 1 amide bonds. The van der Waals surface area contributed by atoms with E-state index in [1.54, 1.807) is 18.2 Å². The second kappa shape index (κ2) is 8.51. The molecule has 0 saturated heterocycles. The molecule has 4 rings (SSSR count). The Labute approximate surface area is 181 Å². The van der Waals surface area contributed by atoms with Crippen molar-refractivity contribution in [3.05, 3.63) is 77.9 Å². The number of esters is 1. The first kappa shape index (κ1) is 21.1. The van der Waals surface area contributed by atoms with Gasteiger partial charge in [-0.2, -0.15) is 0 Å². The SMILES string of the molecule is COC(=O)C1Cc2ccccc2CN1C(=O)CCS(=O)(=O)c1ccc2ccccc2c1. The molecule has 0 saturated carbocycles. The van der Waals surface area contributed by atoms with Crippen LogP contribution in [0.25, 0.3) is 10.8 Å². The van der Waals surface area contributed by atoms with E-state index in [-0.39, 0.29) is 29.5 Å². The first-order chi connectivity index (χ1) is 14.9. The molecular formula is C24H23NO5S. The minimum absolute atomic E-state index is 0.188. The molecule has 0 aliphatic carbocycles. The van der Waals surface area contributed by atoms with Gasteiger partial charge in [0.25, 0.3) is 0 Å². The number of rotatable bonds is 5. The molecule has 0 N–H and O–H groups in total. The topological polar surface area (TPSA) is 80.8 Å². The van der Waals surface area contributed by atoms with Crippen LogP contribution in [0.1, 0.15) is 17.5 Å². The van der Waals surface area contributed by atoms with Crippen molar-refractivity contribution in [3.63, 3.8) is 0 Å². The predicted octanol–water partition coefficient (Wildman–Crippen LogP) is 3.13.